The Hall–Kier alpha value is -0.980. The van der Waals surface area contributed by atoms with E-state index in [2.05, 4.69) is 14.9 Å². The zero-order valence-electron chi connectivity index (χ0n) is 6.06. The van der Waals surface area contributed by atoms with Crippen LogP contribution in [0.2, 0.25) is 5.02 Å². The number of aromatic nitrogens is 2. The summed E-state index contributed by atoms with van der Waals surface area (Å²) in [7, 11) is 0. The molecule has 0 saturated heterocycles. The zero-order valence-corrected chi connectivity index (χ0v) is 7.63. The fraction of sp³-hybridized carbons (Fsp3) is 0. The molecule has 2 aromatic rings. The van der Waals surface area contributed by atoms with Crippen molar-refractivity contribution in [3.05, 3.63) is 17.2 Å². The van der Waals surface area contributed by atoms with Crippen LogP contribution < -0.4 is 0 Å². The third-order valence-electron chi connectivity index (χ3n) is 1.50. The van der Waals surface area contributed by atoms with Crippen LogP contribution in [0.25, 0.3) is 11.0 Å². The Morgan fingerprint density at radius 1 is 1.46 bits per heavy atom. The van der Waals surface area contributed by atoms with E-state index in [9.17, 15) is 8.76 Å². The Morgan fingerprint density at radius 3 is 2.92 bits per heavy atom. The summed E-state index contributed by atoms with van der Waals surface area (Å²) in [4.78, 5) is -0.0829. The number of fused-ring (bicyclic) bond motifs is 1. The first-order valence-corrected chi connectivity index (χ1v) is 4.65. The van der Waals surface area contributed by atoms with E-state index in [1.807, 2.05) is 0 Å². The molecule has 7 heteroatoms. The molecule has 0 bridgehead atoms. The van der Waals surface area contributed by atoms with Gasteiger partial charge in [0.25, 0.3) is 0 Å². The van der Waals surface area contributed by atoms with Crippen molar-refractivity contribution in [3.8, 4) is 0 Å². The van der Waals surface area contributed by atoms with Crippen LogP contribution >= 0.6 is 11.6 Å². The predicted molar refractivity (Wildman–Crippen MR) is 44.0 cm³/mol. The molecule has 0 fully saturated rings. The summed E-state index contributed by atoms with van der Waals surface area (Å²) >= 11 is 3.21. The first-order chi connectivity index (χ1) is 6.20. The molecule has 5 nitrogen and oxygen atoms in total. The zero-order chi connectivity index (χ0) is 9.42. The van der Waals surface area contributed by atoms with Gasteiger partial charge in [0, 0.05) is 0 Å². The summed E-state index contributed by atoms with van der Waals surface area (Å²) in [6, 6.07) is 2.96. The van der Waals surface area contributed by atoms with Gasteiger partial charge in [0.2, 0.25) is 0 Å². The van der Waals surface area contributed by atoms with Gasteiger partial charge in [0.1, 0.15) is 5.52 Å². The number of nitrogens with zero attached hydrogens (tertiary/aromatic N) is 2. The Kier molecular flexibility index (Phi) is 2.03. The molecule has 0 aliphatic rings. The minimum absolute atomic E-state index is 0.0829. The van der Waals surface area contributed by atoms with Crippen molar-refractivity contribution in [1.29, 1.82) is 0 Å². The molecule has 1 atom stereocenters. The Bertz CT molecular complexity index is 484. The molecular weight excluding hydrogens is 216 g/mol. The topological polar surface area (TPSA) is 79.0 Å². The molecule has 0 aliphatic carbocycles. The van der Waals surface area contributed by atoms with Gasteiger partial charge in [-0.1, -0.05) is 11.6 Å². The fourth-order valence-electron chi connectivity index (χ4n) is 0.962. The fourth-order valence-corrected chi connectivity index (χ4v) is 1.83. The average Bonchev–Trinajstić information content (AvgIpc) is 2.50. The van der Waals surface area contributed by atoms with Gasteiger partial charge in [-0.25, -0.2) is 4.63 Å². The van der Waals surface area contributed by atoms with E-state index in [1.165, 1.54) is 12.1 Å². The number of benzene rings is 1. The lowest BCUT2D eigenvalue weighted by molar-refractivity contribution is 0.315. The summed E-state index contributed by atoms with van der Waals surface area (Å²) in [5.41, 5.74) is 0.518. The Morgan fingerprint density at radius 2 is 2.23 bits per heavy atom. The summed E-state index contributed by atoms with van der Waals surface area (Å²) in [5, 5.41) is 7.03. The van der Waals surface area contributed by atoms with Gasteiger partial charge >= 0.3 is 0 Å². The minimum Gasteiger partial charge on any atom is -0.768 e. The highest BCUT2D eigenvalue weighted by molar-refractivity contribution is 7.79. The standard InChI is InChI=1S/C6H3ClN2O3S/c7-3-1-2-4-5(9-12-8-4)6(3)13(10)11/h1-2H,(H,10,11)/p-1. The van der Waals surface area contributed by atoms with Gasteiger partial charge in [-0.3, -0.25) is 4.21 Å². The van der Waals surface area contributed by atoms with Crippen LogP contribution in [0, 0.1) is 0 Å². The first kappa shape index (κ1) is 8.61. The van der Waals surface area contributed by atoms with Crippen LogP contribution in [-0.4, -0.2) is 19.1 Å². The predicted octanol–water partition coefficient (Wildman–Crippen LogP) is 1.11. The second-order valence-electron chi connectivity index (χ2n) is 2.24. The Balaban J connectivity index is 2.88. The van der Waals surface area contributed by atoms with E-state index in [0.29, 0.717) is 5.52 Å². The summed E-state index contributed by atoms with van der Waals surface area (Å²) in [5.74, 6) is 0. The van der Waals surface area contributed by atoms with Crippen LogP contribution in [0.15, 0.2) is 21.7 Å². The number of rotatable bonds is 1. The molecule has 0 saturated carbocycles. The van der Waals surface area contributed by atoms with E-state index < -0.39 is 11.1 Å². The van der Waals surface area contributed by atoms with Crippen LogP contribution in [-0.2, 0) is 11.1 Å². The lowest BCUT2D eigenvalue weighted by Crippen LogP contribution is -1.91. The maximum Gasteiger partial charge on any atom is 0.151 e. The monoisotopic (exact) mass is 217 g/mol. The van der Waals surface area contributed by atoms with E-state index in [-0.39, 0.29) is 15.4 Å². The molecule has 2 rings (SSSR count). The second kappa shape index (κ2) is 3.06. The van der Waals surface area contributed by atoms with Crippen molar-refractivity contribution >= 4 is 33.7 Å². The normalized spacial score (nSPS) is 13.4. The van der Waals surface area contributed by atoms with E-state index in [1.54, 1.807) is 0 Å². The average molecular weight is 218 g/mol. The lowest BCUT2D eigenvalue weighted by Gasteiger charge is -2.05. The minimum atomic E-state index is -2.44. The molecule has 13 heavy (non-hydrogen) atoms. The van der Waals surface area contributed by atoms with Crippen molar-refractivity contribution in [2.75, 3.05) is 0 Å². The number of hydrogen-bond acceptors (Lipinski definition) is 5. The van der Waals surface area contributed by atoms with E-state index in [0.717, 1.165) is 0 Å². The van der Waals surface area contributed by atoms with Crippen molar-refractivity contribution in [1.82, 2.24) is 10.3 Å². The van der Waals surface area contributed by atoms with Gasteiger partial charge in [-0.2, -0.15) is 0 Å². The quantitative estimate of drug-likeness (QED) is 0.669. The van der Waals surface area contributed by atoms with Gasteiger partial charge in [0.15, 0.2) is 5.52 Å². The molecule has 1 heterocycles. The molecule has 0 radical (unpaired) electrons. The van der Waals surface area contributed by atoms with Crippen molar-refractivity contribution in [2.45, 2.75) is 4.90 Å². The maximum absolute atomic E-state index is 10.7. The van der Waals surface area contributed by atoms with E-state index >= 15 is 0 Å². The molecule has 1 unspecified atom stereocenters. The summed E-state index contributed by atoms with van der Waals surface area (Å²) < 4.78 is 25.9. The van der Waals surface area contributed by atoms with Gasteiger partial charge < -0.3 is 4.55 Å². The molecule has 0 aliphatic heterocycles. The van der Waals surface area contributed by atoms with Crippen LogP contribution in [0.4, 0.5) is 0 Å². The lowest BCUT2D eigenvalue weighted by atomic mass is 10.3. The molecule has 0 N–H and O–H groups in total. The smallest absolute Gasteiger partial charge is 0.151 e. The highest BCUT2D eigenvalue weighted by Crippen LogP contribution is 2.25. The van der Waals surface area contributed by atoms with Crippen molar-refractivity contribution in [3.63, 3.8) is 0 Å². The van der Waals surface area contributed by atoms with Crippen molar-refractivity contribution < 1.29 is 13.4 Å². The van der Waals surface area contributed by atoms with Crippen LogP contribution in [0.5, 0.6) is 0 Å². The molecular formula is C6H2ClN2O3S-. The van der Waals surface area contributed by atoms with E-state index in [4.69, 9.17) is 11.6 Å². The molecule has 1 aromatic carbocycles. The van der Waals surface area contributed by atoms with Crippen LogP contribution in [0.1, 0.15) is 0 Å². The molecule has 0 amide bonds. The molecule has 1 aromatic heterocycles. The number of hydrogen-bond donors (Lipinski definition) is 0. The summed E-state index contributed by atoms with van der Waals surface area (Å²) in [6.45, 7) is 0. The second-order valence-corrected chi connectivity index (χ2v) is 3.53. The van der Waals surface area contributed by atoms with Gasteiger partial charge in [-0.15, -0.1) is 0 Å². The highest BCUT2D eigenvalue weighted by Gasteiger charge is 2.10. The molecule has 68 valence electrons. The number of halogens is 1. The van der Waals surface area contributed by atoms with Crippen molar-refractivity contribution in [2.24, 2.45) is 0 Å². The SMILES string of the molecule is O=S([O-])c1c(Cl)ccc2nonc12. The highest BCUT2D eigenvalue weighted by atomic mass is 35.5. The third-order valence-corrected chi connectivity index (χ3v) is 2.67. The Labute approximate surface area is 79.9 Å². The largest absolute Gasteiger partial charge is 0.768 e. The third kappa shape index (κ3) is 1.32. The summed E-state index contributed by atoms with van der Waals surface area (Å²) in [6.07, 6.45) is 0. The molecule has 0 spiro atoms. The van der Waals surface area contributed by atoms with Gasteiger partial charge in [-0.05, 0) is 33.5 Å². The van der Waals surface area contributed by atoms with Gasteiger partial charge in [0.05, 0.1) is 9.92 Å². The first-order valence-electron chi connectivity index (χ1n) is 3.20. The van der Waals surface area contributed by atoms with Crippen LogP contribution in [0.3, 0.4) is 0 Å². The maximum atomic E-state index is 10.7.